The number of benzene rings is 1. The Morgan fingerprint density at radius 1 is 1.33 bits per heavy atom. The van der Waals surface area contributed by atoms with Crippen molar-refractivity contribution in [2.45, 2.75) is 32.6 Å². The quantitative estimate of drug-likeness (QED) is 0.853. The Kier molecular flexibility index (Phi) is 5.04. The molecule has 18 heavy (non-hydrogen) atoms. The Morgan fingerprint density at radius 3 is 2.39 bits per heavy atom. The van der Waals surface area contributed by atoms with Crippen molar-refractivity contribution in [2.75, 3.05) is 12.3 Å². The summed E-state index contributed by atoms with van der Waals surface area (Å²) in [5.74, 6) is 0. The monoisotopic (exact) mass is 324 g/mol. The summed E-state index contributed by atoms with van der Waals surface area (Å²) in [4.78, 5) is 1.35. The zero-order valence-corrected chi connectivity index (χ0v) is 11.8. The molecule has 0 unspecified atom stereocenters. The van der Waals surface area contributed by atoms with Gasteiger partial charge in [-0.05, 0) is 31.5 Å². The van der Waals surface area contributed by atoms with Crippen LogP contribution < -0.4 is 5.73 Å². The summed E-state index contributed by atoms with van der Waals surface area (Å²) in [5.41, 5.74) is 7.00. The molecule has 0 aliphatic carbocycles. The number of hydrogen-bond acceptors (Lipinski definition) is 2. The number of anilines is 1. The molecule has 6 heteroatoms. The lowest BCUT2D eigenvalue weighted by Crippen LogP contribution is -2.38. The maximum Gasteiger partial charge on any atom is 0.401 e. The molecule has 2 N–H and O–H groups in total. The number of nitrogens with two attached hydrogens (primary N) is 1. The Labute approximate surface area is 113 Å². The van der Waals surface area contributed by atoms with Crippen molar-refractivity contribution >= 4 is 21.6 Å². The summed E-state index contributed by atoms with van der Waals surface area (Å²) in [5, 5.41) is 0. The predicted molar refractivity (Wildman–Crippen MR) is 70.2 cm³/mol. The molecular weight excluding hydrogens is 309 g/mol. The Morgan fingerprint density at radius 2 is 1.94 bits per heavy atom. The molecule has 0 atom stereocenters. The van der Waals surface area contributed by atoms with Crippen molar-refractivity contribution in [2.24, 2.45) is 0 Å². The van der Waals surface area contributed by atoms with Crippen LogP contribution in [-0.4, -0.2) is 23.7 Å². The third-order valence-electron chi connectivity index (χ3n) is 2.59. The van der Waals surface area contributed by atoms with Gasteiger partial charge in [-0.1, -0.05) is 22.0 Å². The van der Waals surface area contributed by atoms with Gasteiger partial charge in [-0.3, -0.25) is 4.90 Å². The van der Waals surface area contributed by atoms with Crippen LogP contribution in [-0.2, 0) is 6.54 Å². The summed E-state index contributed by atoms with van der Waals surface area (Å²) >= 11 is 3.27. The first kappa shape index (κ1) is 15.3. The van der Waals surface area contributed by atoms with Gasteiger partial charge in [-0.15, -0.1) is 0 Å². The van der Waals surface area contributed by atoms with Gasteiger partial charge in [-0.2, -0.15) is 13.2 Å². The Hall–Kier alpha value is -0.750. The van der Waals surface area contributed by atoms with Crippen LogP contribution >= 0.6 is 15.9 Å². The van der Waals surface area contributed by atoms with Crippen LogP contribution in [0.3, 0.4) is 0 Å². The average molecular weight is 325 g/mol. The first-order valence-corrected chi connectivity index (χ1v) is 6.33. The minimum Gasteiger partial charge on any atom is -0.398 e. The normalized spacial score (nSPS) is 12.4. The third-order valence-corrected chi connectivity index (χ3v) is 3.09. The first-order chi connectivity index (χ1) is 8.19. The minimum absolute atomic E-state index is 0.191. The maximum atomic E-state index is 12.5. The van der Waals surface area contributed by atoms with E-state index >= 15 is 0 Å². The Balaban J connectivity index is 2.83. The number of alkyl halides is 3. The van der Waals surface area contributed by atoms with E-state index in [0.717, 1.165) is 4.47 Å². The van der Waals surface area contributed by atoms with Gasteiger partial charge in [0, 0.05) is 22.7 Å². The van der Waals surface area contributed by atoms with Crippen molar-refractivity contribution in [3.8, 4) is 0 Å². The molecule has 0 radical (unpaired) electrons. The molecule has 2 nitrogen and oxygen atoms in total. The fourth-order valence-electron chi connectivity index (χ4n) is 1.58. The van der Waals surface area contributed by atoms with Crippen LogP contribution in [0, 0.1) is 0 Å². The summed E-state index contributed by atoms with van der Waals surface area (Å²) in [7, 11) is 0. The Bertz CT molecular complexity index is 405. The average Bonchev–Trinajstić information content (AvgIpc) is 2.18. The van der Waals surface area contributed by atoms with Crippen molar-refractivity contribution in [3.63, 3.8) is 0 Å². The van der Waals surface area contributed by atoms with Gasteiger partial charge >= 0.3 is 6.18 Å². The molecule has 102 valence electrons. The molecule has 1 aromatic carbocycles. The molecule has 0 aliphatic rings. The highest BCUT2D eigenvalue weighted by Crippen LogP contribution is 2.23. The minimum atomic E-state index is -4.20. The molecule has 1 aromatic rings. The largest absolute Gasteiger partial charge is 0.401 e. The molecule has 0 aromatic heterocycles. The number of rotatable bonds is 4. The van der Waals surface area contributed by atoms with Gasteiger partial charge in [0.05, 0.1) is 6.54 Å². The van der Waals surface area contributed by atoms with Gasteiger partial charge in [0.15, 0.2) is 0 Å². The van der Waals surface area contributed by atoms with E-state index in [0.29, 0.717) is 11.3 Å². The van der Waals surface area contributed by atoms with E-state index in [2.05, 4.69) is 15.9 Å². The van der Waals surface area contributed by atoms with E-state index in [1.54, 1.807) is 32.0 Å². The fraction of sp³-hybridized carbons (Fsp3) is 0.500. The lowest BCUT2D eigenvalue weighted by atomic mass is 10.1. The molecule has 0 amide bonds. The molecule has 0 saturated heterocycles. The van der Waals surface area contributed by atoms with E-state index in [9.17, 15) is 13.2 Å². The van der Waals surface area contributed by atoms with Crippen molar-refractivity contribution in [1.82, 2.24) is 4.90 Å². The highest BCUT2D eigenvalue weighted by molar-refractivity contribution is 9.10. The second kappa shape index (κ2) is 5.93. The predicted octanol–water partition coefficient (Wildman–Crippen LogP) is 3.80. The SMILES string of the molecule is CC(C)N(Cc1ccc(Br)cc1N)CC(F)(F)F. The van der Waals surface area contributed by atoms with E-state index < -0.39 is 12.7 Å². The number of hydrogen-bond donors (Lipinski definition) is 1. The highest BCUT2D eigenvalue weighted by atomic mass is 79.9. The maximum absolute atomic E-state index is 12.5. The summed E-state index contributed by atoms with van der Waals surface area (Å²) in [6.07, 6.45) is -4.20. The molecule has 0 bridgehead atoms. The summed E-state index contributed by atoms with van der Waals surface area (Å²) in [6, 6.07) is 5.01. The summed E-state index contributed by atoms with van der Waals surface area (Å²) < 4.78 is 38.2. The third kappa shape index (κ3) is 4.86. The first-order valence-electron chi connectivity index (χ1n) is 5.54. The van der Waals surface area contributed by atoms with E-state index in [-0.39, 0.29) is 12.6 Å². The zero-order chi connectivity index (χ0) is 13.9. The van der Waals surface area contributed by atoms with Crippen molar-refractivity contribution < 1.29 is 13.2 Å². The zero-order valence-electron chi connectivity index (χ0n) is 10.3. The lowest BCUT2D eigenvalue weighted by Gasteiger charge is -2.28. The van der Waals surface area contributed by atoms with Crippen LogP contribution in [0.15, 0.2) is 22.7 Å². The smallest absolute Gasteiger partial charge is 0.398 e. The molecular formula is C12H16BrF3N2. The van der Waals surface area contributed by atoms with Gasteiger partial charge in [-0.25, -0.2) is 0 Å². The standard InChI is InChI=1S/C12H16BrF3N2/c1-8(2)18(7-12(14,15)16)6-9-3-4-10(13)5-11(9)17/h3-5,8H,6-7,17H2,1-2H3. The van der Waals surface area contributed by atoms with Gasteiger partial charge < -0.3 is 5.73 Å². The van der Waals surface area contributed by atoms with E-state index in [1.807, 2.05) is 0 Å². The molecule has 1 rings (SSSR count). The number of nitrogens with zero attached hydrogens (tertiary/aromatic N) is 1. The van der Waals surface area contributed by atoms with Crippen LogP contribution in [0.1, 0.15) is 19.4 Å². The van der Waals surface area contributed by atoms with Gasteiger partial charge in [0.1, 0.15) is 0 Å². The number of nitrogen functional groups attached to an aromatic ring is 1. The van der Waals surface area contributed by atoms with Crippen molar-refractivity contribution in [3.05, 3.63) is 28.2 Å². The van der Waals surface area contributed by atoms with E-state index in [1.165, 1.54) is 4.90 Å². The molecule has 0 spiro atoms. The number of halogens is 4. The van der Waals surface area contributed by atoms with Gasteiger partial charge in [0.25, 0.3) is 0 Å². The van der Waals surface area contributed by atoms with Crippen LogP contribution in [0.25, 0.3) is 0 Å². The van der Waals surface area contributed by atoms with Crippen molar-refractivity contribution in [1.29, 1.82) is 0 Å². The fourth-order valence-corrected chi connectivity index (χ4v) is 1.96. The van der Waals surface area contributed by atoms with Gasteiger partial charge in [0.2, 0.25) is 0 Å². The molecule has 0 fully saturated rings. The highest BCUT2D eigenvalue weighted by Gasteiger charge is 2.31. The lowest BCUT2D eigenvalue weighted by molar-refractivity contribution is -0.150. The van der Waals surface area contributed by atoms with E-state index in [4.69, 9.17) is 5.73 Å². The molecule has 0 saturated carbocycles. The molecule has 0 aliphatic heterocycles. The summed E-state index contributed by atoms with van der Waals surface area (Å²) in [6.45, 7) is 2.73. The van der Waals surface area contributed by atoms with Crippen LogP contribution in [0.4, 0.5) is 18.9 Å². The second-order valence-electron chi connectivity index (χ2n) is 4.46. The molecule has 0 heterocycles. The van der Waals surface area contributed by atoms with Crippen LogP contribution in [0.5, 0.6) is 0 Å². The topological polar surface area (TPSA) is 29.3 Å². The van der Waals surface area contributed by atoms with Crippen LogP contribution in [0.2, 0.25) is 0 Å². The second-order valence-corrected chi connectivity index (χ2v) is 5.37.